The molecule has 1 heterocycles. The monoisotopic (exact) mass is 273 g/mol. The minimum atomic E-state index is -0.151. The maximum atomic E-state index is 11.5. The predicted octanol–water partition coefficient (Wildman–Crippen LogP) is 2.00. The van der Waals surface area contributed by atoms with Gasteiger partial charge in [0.25, 0.3) is 5.56 Å². The number of hydrogen-bond donors (Lipinski definition) is 3. The molecule has 0 aliphatic rings. The van der Waals surface area contributed by atoms with E-state index >= 15 is 0 Å². The Labute approximate surface area is 117 Å². The Morgan fingerprint density at radius 3 is 2.50 bits per heavy atom. The molecule has 0 radical (unpaired) electrons. The molecule has 1 aromatic carbocycles. The normalized spacial score (nSPS) is 10.8. The minimum Gasteiger partial charge on any atom is -0.392 e. The van der Waals surface area contributed by atoms with Gasteiger partial charge in [0, 0.05) is 18.5 Å². The summed E-state index contributed by atoms with van der Waals surface area (Å²) in [5, 5.41) is 12.1. The van der Waals surface area contributed by atoms with Gasteiger partial charge in [-0.1, -0.05) is 38.1 Å². The summed E-state index contributed by atoms with van der Waals surface area (Å²) in [6.07, 6.45) is 0. The summed E-state index contributed by atoms with van der Waals surface area (Å²) in [7, 11) is 0. The highest BCUT2D eigenvalue weighted by atomic mass is 16.3. The number of aliphatic hydroxyl groups is 1. The van der Waals surface area contributed by atoms with Crippen molar-refractivity contribution in [2.45, 2.75) is 32.9 Å². The van der Waals surface area contributed by atoms with E-state index in [1.807, 2.05) is 38.1 Å². The van der Waals surface area contributed by atoms with E-state index in [1.165, 1.54) is 6.07 Å². The van der Waals surface area contributed by atoms with Crippen molar-refractivity contribution in [3.63, 3.8) is 0 Å². The largest absolute Gasteiger partial charge is 0.392 e. The van der Waals surface area contributed by atoms with E-state index in [9.17, 15) is 4.79 Å². The Balaban J connectivity index is 2.08. The molecule has 5 heteroatoms. The van der Waals surface area contributed by atoms with Crippen molar-refractivity contribution in [3.8, 4) is 0 Å². The zero-order chi connectivity index (χ0) is 14.5. The molecular formula is C15H19N3O2. The molecule has 0 aliphatic carbocycles. The van der Waals surface area contributed by atoms with Crippen LogP contribution in [0.3, 0.4) is 0 Å². The summed E-state index contributed by atoms with van der Waals surface area (Å²) in [4.78, 5) is 18.6. The number of nitrogens with one attached hydrogen (secondary N) is 2. The lowest BCUT2D eigenvalue weighted by Crippen LogP contribution is -2.14. The van der Waals surface area contributed by atoms with E-state index in [-0.39, 0.29) is 18.1 Å². The average Bonchev–Trinajstić information content (AvgIpc) is 2.45. The second-order valence-corrected chi connectivity index (χ2v) is 5.00. The van der Waals surface area contributed by atoms with Gasteiger partial charge < -0.3 is 15.4 Å². The molecule has 0 saturated heterocycles. The van der Waals surface area contributed by atoms with Gasteiger partial charge in [0.1, 0.15) is 11.6 Å². The molecule has 20 heavy (non-hydrogen) atoms. The van der Waals surface area contributed by atoms with Crippen LogP contribution in [0.15, 0.2) is 35.1 Å². The van der Waals surface area contributed by atoms with Crippen molar-refractivity contribution in [3.05, 3.63) is 57.6 Å². The second kappa shape index (κ2) is 6.34. The lowest BCUT2D eigenvalue weighted by molar-refractivity contribution is 0.282. The molecule has 0 aliphatic heterocycles. The molecule has 0 amide bonds. The van der Waals surface area contributed by atoms with Crippen LogP contribution in [0.2, 0.25) is 0 Å². The average molecular weight is 273 g/mol. The van der Waals surface area contributed by atoms with Gasteiger partial charge in [-0.2, -0.15) is 0 Å². The van der Waals surface area contributed by atoms with E-state index in [0.717, 1.165) is 11.1 Å². The quantitative estimate of drug-likeness (QED) is 0.778. The fourth-order valence-corrected chi connectivity index (χ4v) is 1.80. The van der Waals surface area contributed by atoms with Crippen molar-refractivity contribution < 1.29 is 5.11 Å². The number of aliphatic hydroxyl groups excluding tert-OH is 1. The third-order valence-electron chi connectivity index (χ3n) is 2.99. The summed E-state index contributed by atoms with van der Waals surface area (Å²) in [5.74, 6) is 1.42. The van der Waals surface area contributed by atoms with Crippen LogP contribution in [-0.4, -0.2) is 15.1 Å². The number of nitrogens with zero attached hydrogens (tertiary/aromatic N) is 1. The minimum absolute atomic E-state index is 0.0427. The first-order valence-electron chi connectivity index (χ1n) is 6.62. The van der Waals surface area contributed by atoms with Crippen molar-refractivity contribution in [2.75, 3.05) is 5.32 Å². The number of H-pyrrole nitrogens is 1. The molecule has 0 spiro atoms. The lowest BCUT2D eigenvalue weighted by atomic mass is 10.1. The van der Waals surface area contributed by atoms with Crippen molar-refractivity contribution in [2.24, 2.45) is 0 Å². The molecule has 2 aromatic rings. The second-order valence-electron chi connectivity index (χ2n) is 5.00. The van der Waals surface area contributed by atoms with Gasteiger partial charge in [-0.05, 0) is 11.1 Å². The molecule has 5 nitrogen and oxygen atoms in total. The molecule has 106 valence electrons. The van der Waals surface area contributed by atoms with E-state index in [1.54, 1.807) is 0 Å². The first kappa shape index (κ1) is 14.3. The zero-order valence-electron chi connectivity index (χ0n) is 11.7. The maximum Gasteiger partial charge on any atom is 0.252 e. The zero-order valence-corrected chi connectivity index (χ0v) is 11.7. The van der Waals surface area contributed by atoms with Crippen molar-refractivity contribution in [1.29, 1.82) is 0 Å². The molecule has 0 unspecified atom stereocenters. The van der Waals surface area contributed by atoms with Gasteiger partial charge in [0.2, 0.25) is 0 Å². The number of benzene rings is 1. The molecule has 0 atom stereocenters. The van der Waals surface area contributed by atoms with Crippen LogP contribution < -0.4 is 10.9 Å². The molecule has 0 bridgehead atoms. The smallest absolute Gasteiger partial charge is 0.252 e. The van der Waals surface area contributed by atoms with Gasteiger partial charge in [0.05, 0.1) is 6.61 Å². The summed E-state index contributed by atoms with van der Waals surface area (Å²) < 4.78 is 0. The van der Waals surface area contributed by atoms with Crippen LogP contribution in [0.4, 0.5) is 5.82 Å². The molecule has 0 fully saturated rings. The van der Waals surface area contributed by atoms with Gasteiger partial charge >= 0.3 is 0 Å². The van der Waals surface area contributed by atoms with E-state index in [2.05, 4.69) is 15.3 Å². The first-order chi connectivity index (χ1) is 9.58. The summed E-state index contributed by atoms with van der Waals surface area (Å²) in [6.45, 7) is 4.59. The first-order valence-corrected chi connectivity index (χ1v) is 6.62. The number of aromatic amines is 1. The Morgan fingerprint density at radius 2 is 1.90 bits per heavy atom. The number of anilines is 1. The van der Waals surface area contributed by atoms with Gasteiger partial charge in [-0.15, -0.1) is 0 Å². The molecule has 2 rings (SSSR count). The molecule has 0 saturated carbocycles. The van der Waals surface area contributed by atoms with Gasteiger partial charge in [-0.25, -0.2) is 4.98 Å². The number of aromatic nitrogens is 2. The van der Waals surface area contributed by atoms with Crippen LogP contribution >= 0.6 is 0 Å². The summed E-state index contributed by atoms with van der Waals surface area (Å²) >= 11 is 0. The van der Waals surface area contributed by atoms with Crippen LogP contribution in [0, 0.1) is 0 Å². The van der Waals surface area contributed by atoms with Crippen LogP contribution in [0.25, 0.3) is 0 Å². The van der Waals surface area contributed by atoms with Crippen molar-refractivity contribution >= 4 is 5.82 Å². The Bertz CT molecular complexity index is 618. The van der Waals surface area contributed by atoms with Crippen LogP contribution in [0.5, 0.6) is 0 Å². The molecule has 3 N–H and O–H groups in total. The third kappa shape index (κ3) is 3.68. The highest BCUT2D eigenvalue weighted by molar-refractivity contribution is 5.35. The van der Waals surface area contributed by atoms with Crippen molar-refractivity contribution in [1.82, 2.24) is 9.97 Å². The molecule has 1 aromatic heterocycles. The highest BCUT2D eigenvalue weighted by Gasteiger charge is 2.05. The topological polar surface area (TPSA) is 78.0 Å². The Kier molecular flexibility index (Phi) is 4.53. The molecular weight excluding hydrogens is 254 g/mol. The summed E-state index contributed by atoms with van der Waals surface area (Å²) in [5.41, 5.74) is 1.79. The fourth-order valence-electron chi connectivity index (χ4n) is 1.80. The predicted molar refractivity (Wildman–Crippen MR) is 78.6 cm³/mol. The maximum absolute atomic E-state index is 11.5. The number of rotatable bonds is 5. The SMILES string of the molecule is CC(C)c1nc(NCc2ccc(CO)cc2)cc(=O)[nH]1. The lowest BCUT2D eigenvalue weighted by Gasteiger charge is -2.09. The van der Waals surface area contributed by atoms with Crippen LogP contribution in [0.1, 0.15) is 36.7 Å². The number of hydrogen-bond acceptors (Lipinski definition) is 4. The van der Waals surface area contributed by atoms with E-state index in [4.69, 9.17) is 5.11 Å². The Hall–Kier alpha value is -2.14. The van der Waals surface area contributed by atoms with Gasteiger partial charge in [-0.3, -0.25) is 4.79 Å². The fraction of sp³-hybridized carbons (Fsp3) is 0.333. The third-order valence-corrected chi connectivity index (χ3v) is 2.99. The highest BCUT2D eigenvalue weighted by Crippen LogP contribution is 2.11. The Morgan fingerprint density at radius 1 is 1.25 bits per heavy atom. The standard InChI is InChI=1S/C15H19N3O2/c1-10(2)15-17-13(7-14(20)18-15)16-8-11-3-5-12(9-19)6-4-11/h3-7,10,19H,8-9H2,1-2H3,(H2,16,17,18,20). The summed E-state index contributed by atoms with van der Waals surface area (Å²) in [6, 6.07) is 9.09. The van der Waals surface area contributed by atoms with E-state index < -0.39 is 0 Å². The van der Waals surface area contributed by atoms with Gasteiger partial charge in [0.15, 0.2) is 0 Å². The van der Waals surface area contributed by atoms with E-state index in [0.29, 0.717) is 18.2 Å². The van der Waals surface area contributed by atoms with Crippen LogP contribution in [-0.2, 0) is 13.2 Å².